The van der Waals surface area contributed by atoms with Crippen LogP contribution in [-0.4, -0.2) is 26.7 Å². The van der Waals surface area contributed by atoms with Crippen LogP contribution in [0.2, 0.25) is 0 Å². The van der Waals surface area contributed by atoms with Crippen molar-refractivity contribution in [1.82, 2.24) is 9.97 Å². The Balaban J connectivity index is 2.30. The van der Waals surface area contributed by atoms with E-state index < -0.39 is 0 Å². The lowest BCUT2D eigenvalue weighted by atomic mass is 10.2. The van der Waals surface area contributed by atoms with Crippen LogP contribution in [0.1, 0.15) is 30.1 Å². The van der Waals surface area contributed by atoms with Gasteiger partial charge in [0.2, 0.25) is 0 Å². The van der Waals surface area contributed by atoms with E-state index in [0.717, 1.165) is 11.5 Å². The zero-order valence-electron chi connectivity index (χ0n) is 9.53. The molecule has 2 rings (SSSR count). The zero-order chi connectivity index (χ0) is 11.5. The minimum atomic E-state index is 0.477. The van der Waals surface area contributed by atoms with Gasteiger partial charge in [0.25, 0.3) is 0 Å². The maximum Gasteiger partial charge on any atom is 0.130 e. The van der Waals surface area contributed by atoms with Crippen molar-refractivity contribution in [2.45, 2.75) is 30.8 Å². The maximum absolute atomic E-state index is 5.18. The zero-order valence-corrected chi connectivity index (χ0v) is 12.0. The molecule has 0 radical (unpaired) electrons. The molecule has 16 heavy (non-hydrogen) atoms. The molecule has 0 saturated carbocycles. The molecule has 2 atom stereocenters. The summed E-state index contributed by atoms with van der Waals surface area (Å²) < 4.78 is 0.706. The molecule has 2 nitrogen and oxygen atoms in total. The number of rotatable bonds is 2. The fourth-order valence-electron chi connectivity index (χ4n) is 1.89. The summed E-state index contributed by atoms with van der Waals surface area (Å²) in [7, 11) is 0. The molecule has 1 aliphatic heterocycles. The van der Waals surface area contributed by atoms with Crippen molar-refractivity contribution in [3.8, 4) is 0 Å². The largest absolute Gasteiger partial charge is 0.346 e. The second kappa shape index (κ2) is 5.56. The van der Waals surface area contributed by atoms with Crippen LogP contribution in [0.25, 0.3) is 0 Å². The van der Waals surface area contributed by atoms with Gasteiger partial charge in [-0.15, -0.1) is 11.8 Å². The van der Waals surface area contributed by atoms with Gasteiger partial charge in [-0.3, -0.25) is 0 Å². The van der Waals surface area contributed by atoms with Gasteiger partial charge in [-0.1, -0.05) is 19.1 Å². The molecule has 88 valence electrons. The number of thioether (sulfide) groups is 2. The molecule has 0 aromatic carbocycles. The number of hydrogen-bond acceptors (Lipinski definition) is 4. The molecular formula is C11H16N2S3. The smallest absolute Gasteiger partial charge is 0.130 e. The van der Waals surface area contributed by atoms with Crippen LogP contribution in [0.15, 0.2) is 6.07 Å². The first-order valence-electron chi connectivity index (χ1n) is 5.51. The number of aromatic amines is 1. The summed E-state index contributed by atoms with van der Waals surface area (Å²) in [5.74, 6) is 3.53. The van der Waals surface area contributed by atoms with Crippen LogP contribution >= 0.6 is 35.7 Å². The van der Waals surface area contributed by atoms with Gasteiger partial charge >= 0.3 is 0 Å². The van der Waals surface area contributed by atoms with Gasteiger partial charge < -0.3 is 4.98 Å². The Hall–Kier alpha value is -0.0000000000000000555. The van der Waals surface area contributed by atoms with E-state index in [1.165, 1.54) is 17.9 Å². The molecule has 1 aromatic heterocycles. The van der Waals surface area contributed by atoms with Crippen LogP contribution in [0.3, 0.4) is 0 Å². The fourth-order valence-corrected chi connectivity index (χ4v) is 5.18. The molecule has 0 spiro atoms. The summed E-state index contributed by atoms with van der Waals surface area (Å²) in [5, 5.41) is 1.14. The Morgan fingerprint density at radius 3 is 2.94 bits per heavy atom. The van der Waals surface area contributed by atoms with Crippen molar-refractivity contribution in [3.63, 3.8) is 0 Å². The Kier molecular flexibility index (Phi) is 4.33. The monoisotopic (exact) mass is 272 g/mol. The first kappa shape index (κ1) is 12.5. The van der Waals surface area contributed by atoms with Gasteiger partial charge in [0.15, 0.2) is 0 Å². The summed E-state index contributed by atoms with van der Waals surface area (Å²) in [4.78, 5) is 7.85. The van der Waals surface area contributed by atoms with Crippen molar-refractivity contribution in [2.75, 3.05) is 11.5 Å². The van der Waals surface area contributed by atoms with E-state index >= 15 is 0 Å². The second-order valence-electron chi connectivity index (χ2n) is 3.90. The fraction of sp³-hybridized carbons (Fsp3) is 0.636. The standard InChI is InChI=1S/C11H16N2S3/c1-3-8-10(16-5-4-15-8)11-12-7(2)6-9(14)13-11/h6,8,10H,3-5H2,1-2H3,(H,12,13,14). The number of aryl methyl sites for hydroxylation is 1. The van der Waals surface area contributed by atoms with Crippen LogP contribution in [0, 0.1) is 11.6 Å². The predicted molar refractivity (Wildman–Crippen MR) is 75.9 cm³/mol. The average Bonchev–Trinajstić information content (AvgIpc) is 2.27. The molecule has 1 fully saturated rings. The van der Waals surface area contributed by atoms with E-state index in [-0.39, 0.29) is 0 Å². The molecule has 1 aliphatic rings. The summed E-state index contributed by atoms with van der Waals surface area (Å²) in [6.07, 6.45) is 1.19. The summed E-state index contributed by atoms with van der Waals surface area (Å²) in [6.45, 7) is 4.30. The topological polar surface area (TPSA) is 28.7 Å². The summed E-state index contributed by atoms with van der Waals surface area (Å²) in [5.41, 5.74) is 1.11. The van der Waals surface area contributed by atoms with Gasteiger partial charge in [0.1, 0.15) is 10.5 Å². The van der Waals surface area contributed by atoms with E-state index in [9.17, 15) is 0 Å². The molecule has 2 unspecified atom stereocenters. The Labute approximate surface area is 110 Å². The highest BCUT2D eigenvalue weighted by Crippen LogP contribution is 2.42. The number of hydrogen-bond donors (Lipinski definition) is 1. The third-order valence-corrected chi connectivity index (χ3v) is 6.08. The van der Waals surface area contributed by atoms with Crippen LogP contribution in [-0.2, 0) is 0 Å². The van der Waals surface area contributed by atoms with Crippen molar-refractivity contribution in [2.24, 2.45) is 0 Å². The molecule has 2 heterocycles. The van der Waals surface area contributed by atoms with E-state index in [1.54, 1.807) is 0 Å². The Morgan fingerprint density at radius 1 is 1.50 bits per heavy atom. The molecule has 0 amide bonds. The van der Waals surface area contributed by atoms with Gasteiger partial charge in [0, 0.05) is 22.4 Å². The Bertz CT molecular complexity index is 416. The predicted octanol–water partition coefficient (Wildman–Crippen LogP) is 3.75. The lowest BCUT2D eigenvalue weighted by Gasteiger charge is -2.29. The third-order valence-electron chi connectivity index (χ3n) is 2.62. The minimum Gasteiger partial charge on any atom is -0.346 e. The molecule has 5 heteroatoms. The molecule has 1 saturated heterocycles. The molecular weight excluding hydrogens is 256 g/mol. The number of H-pyrrole nitrogens is 1. The van der Waals surface area contributed by atoms with E-state index in [4.69, 9.17) is 12.2 Å². The molecule has 1 aromatic rings. The van der Waals surface area contributed by atoms with E-state index in [1.807, 2.05) is 24.8 Å². The highest BCUT2D eigenvalue weighted by atomic mass is 32.2. The number of nitrogens with one attached hydrogen (secondary N) is 1. The molecule has 0 bridgehead atoms. The van der Waals surface area contributed by atoms with Crippen molar-refractivity contribution in [3.05, 3.63) is 22.2 Å². The van der Waals surface area contributed by atoms with Gasteiger partial charge in [-0.05, 0) is 19.4 Å². The summed E-state index contributed by atoms with van der Waals surface area (Å²) >= 11 is 9.25. The van der Waals surface area contributed by atoms with Crippen LogP contribution in [0.4, 0.5) is 0 Å². The normalized spacial score (nSPS) is 25.6. The number of aromatic nitrogens is 2. The molecule has 1 N–H and O–H groups in total. The van der Waals surface area contributed by atoms with Gasteiger partial charge in [-0.2, -0.15) is 11.8 Å². The first-order chi connectivity index (χ1) is 7.70. The first-order valence-corrected chi connectivity index (χ1v) is 8.02. The lowest BCUT2D eigenvalue weighted by molar-refractivity contribution is 0.743. The van der Waals surface area contributed by atoms with E-state index in [0.29, 0.717) is 15.1 Å². The van der Waals surface area contributed by atoms with Crippen molar-refractivity contribution < 1.29 is 0 Å². The van der Waals surface area contributed by atoms with Crippen molar-refractivity contribution >= 4 is 35.7 Å². The highest BCUT2D eigenvalue weighted by molar-refractivity contribution is 8.06. The second-order valence-corrected chi connectivity index (χ2v) is 6.91. The SMILES string of the molecule is CCC1SCCSC1c1nc(=S)cc(C)[nH]1. The average molecular weight is 272 g/mol. The van der Waals surface area contributed by atoms with Crippen LogP contribution in [0.5, 0.6) is 0 Å². The van der Waals surface area contributed by atoms with E-state index in [2.05, 4.69) is 28.7 Å². The Morgan fingerprint density at radius 2 is 2.25 bits per heavy atom. The highest BCUT2D eigenvalue weighted by Gasteiger charge is 2.28. The van der Waals surface area contributed by atoms with Crippen LogP contribution < -0.4 is 0 Å². The quantitative estimate of drug-likeness (QED) is 0.830. The summed E-state index contributed by atoms with van der Waals surface area (Å²) in [6, 6.07) is 1.92. The third kappa shape index (κ3) is 2.81. The van der Waals surface area contributed by atoms with Gasteiger partial charge in [-0.25, -0.2) is 4.98 Å². The van der Waals surface area contributed by atoms with Crippen molar-refractivity contribution in [1.29, 1.82) is 0 Å². The van der Waals surface area contributed by atoms with Gasteiger partial charge in [0.05, 0.1) is 5.25 Å². The lowest BCUT2D eigenvalue weighted by Crippen LogP contribution is -2.20. The maximum atomic E-state index is 5.18. The minimum absolute atomic E-state index is 0.477. The molecule has 0 aliphatic carbocycles. The number of nitrogens with zero attached hydrogens (tertiary/aromatic N) is 1.